The predicted molar refractivity (Wildman–Crippen MR) is 89.2 cm³/mol. The molecular formula is C19H31NO3. The van der Waals surface area contributed by atoms with Crippen molar-refractivity contribution in [1.82, 2.24) is 4.90 Å². The molecule has 1 aliphatic carbocycles. The van der Waals surface area contributed by atoms with Crippen LogP contribution in [0.3, 0.4) is 0 Å². The fourth-order valence-corrected chi connectivity index (χ4v) is 4.74. The topological polar surface area (TPSA) is 46.6 Å². The molecule has 0 radical (unpaired) electrons. The van der Waals surface area contributed by atoms with E-state index in [0.29, 0.717) is 11.7 Å². The number of ketones is 1. The molecule has 4 heteroatoms. The van der Waals surface area contributed by atoms with Crippen LogP contribution in [0.5, 0.6) is 0 Å². The lowest BCUT2D eigenvalue weighted by atomic mass is 9.77. The van der Waals surface area contributed by atoms with Gasteiger partial charge < -0.3 is 9.64 Å². The van der Waals surface area contributed by atoms with Crippen LogP contribution in [-0.4, -0.2) is 34.5 Å². The van der Waals surface area contributed by atoms with Gasteiger partial charge in [0.15, 0.2) is 0 Å². The van der Waals surface area contributed by atoms with E-state index < -0.39 is 5.60 Å². The summed E-state index contributed by atoms with van der Waals surface area (Å²) in [5.74, 6) is 0.959. The van der Waals surface area contributed by atoms with Crippen molar-refractivity contribution in [2.75, 3.05) is 0 Å². The number of piperidine rings is 1. The third kappa shape index (κ3) is 3.72. The van der Waals surface area contributed by atoms with Crippen LogP contribution < -0.4 is 0 Å². The smallest absolute Gasteiger partial charge is 0.410 e. The number of fused-ring (bicyclic) bond motifs is 2. The number of nitrogens with zero attached hydrogens (tertiary/aromatic N) is 1. The molecule has 3 fully saturated rings. The Morgan fingerprint density at radius 2 is 1.43 bits per heavy atom. The number of carbonyl (C=O) groups excluding carboxylic acids is 2. The van der Waals surface area contributed by atoms with Gasteiger partial charge in [-0.1, -0.05) is 19.3 Å². The number of Topliss-reactive ketones (excluding diaryl/α,β-unsaturated/α-hetero) is 1. The van der Waals surface area contributed by atoms with Gasteiger partial charge in [-0.25, -0.2) is 4.79 Å². The summed E-state index contributed by atoms with van der Waals surface area (Å²) in [6.07, 6.45) is 9.44. The van der Waals surface area contributed by atoms with Crippen molar-refractivity contribution in [1.29, 1.82) is 0 Å². The molecule has 2 heterocycles. The van der Waals surface area contributed by atoms with Gasteiger partial charge in [-0.2, -0.15) is 0 Å². The molecule has 0 aromatic carbocycles. The molecule has 0 spiro atoms. The summed E-state index contributed by atoms with van der Waals surface area (Å²) in [7, 11) is 0. The van der Waals surface area contributed by atoms with Gasteiger partial charge in [0.25, 0.3) is 0 Å². The van der Waals surface area contributed by atoms with Crippen LogP contribution in [0.25, 0.3) is 0 Å². The molecule has 1 amide bonds. The van der Waals surface area contributed by atoms with Crippen molar-refractivity contribution in [2.24, 2.45) is 11.8 Å². The molecule has 2 aliphatic heterocycles. The van der Waals surface area contributed by atoms with Gasteiger partial charge in [0.1, 0.15) is 11.4 Å². The average molecular weight is 321 g/mol. The zero-order chi connectivity index (χ0) is 16.6. The lowest BCUT2D eigenvalue weighted by Gasteiger charge is -2.40. The molecule has 2 atom stereocenters. The second kappa shape index (κ2) is 6.45. The average Bonchev–Trinajstić information content (AvgIpc) is 2.76. The van der Waals surface area contributed by atoms with Crippen molar-refractivity contribution < 1.29 is 14.3 Å². The van der Waals surface area contributed by atoms with E-state index >= 15 is 0 Å². The van der Waals surface area contributed by atoms with Gasteiger partial charge in [0.2, 0.25) is 0 Å². The van der Waals surface area contributed by atoms with E-state index in [1.54, 1.807) is 0 Å². The Hall–Kier alpha value is -1.06. The molecule has 1 saturated carbocycles. The second-order valence-electron chi connectivity index (χ2n) is 8.68. The van der Waals surface area contributed by atoms with Crippen molar-refractivity contribution in [2.45, 2.75) is 96.2 Å². The fraction of sp³-hybridized carbons (Fsp3) is 0.895. The standard InChI is InChI=1S/C19H31NO3/c1-19(2,3)23-18(22)20-15-9-10-16(20)12-14(11-15)17(21)13-7-5-4-6-8-13/h13-16H,4-12H2,1-3H3. The SMILES string of the molecule is CC(C)(C)OC(=O)N1C2CCC1CC(C(=O)C1CCCCC1)C2. The number of hydrogen-bond acceptors (Lipinski definition) is 3. The molecule has 2 bridgehead atoms. The third-order valence-corrected chi connectivity index (χ3v) is 5.75. The van der Waals surface area contributed by atoms with Crippen LogP contribution in [0, 0.1) is 11.8 Å². The van der Waals surface area contributed by atoms with E-state index in [1.807, 2.05) is 25.7 Å². The monoisotopic (exact) mass is 321 g/mol. The predicted octanol–water partition coefficient (Wildman–Crippen LogP) is 4.31. The van der Waals surface area contributed by atoms with Gasteiger partial charge >= 0.3 is 6.09 Å². The first-order valence-corrected chi connectivity index (χ1v) is 9.40. The van der Waals surface area contributed by atoms with E-state index in [-0.39, 0.29) is 24.1 Å². The Balaban J connectivity index is 1.62. The summed E-state index contributed by atoms with van der Waals surface area (Å²) in [4.78, 5) is 27.3. The van der Waals surface area contributed by atoms with Crippen molar-refractivity contribution >= 4 is 11.9 Å². The minimum atomic E-state index is -0.453. The minimum Gasteiger partial charge on any atom is -0.444 e. The van der Waals surface area contributed by atoms with E-state index in [1.165, 1.54) is 19.3 Å². The molecule has 2 unspecified atom stereocenters. The van der Waals surface area contributed by atoms with E-state index in [9.17, 15) is 9.59 Å². The summed E-state index contributed by atoms with van der Waals surface area (Å²) in [6, 6.07) is 0.419. The molecule has 2 saturated heterocycles. The van der Waals surface area contributed by atoms with Crippen LogP contribution in [-0.2, 0) is 9.53 Å². The summed E-state index contributed by atoms with van der Waals surface area (Å²) in [5, 5.41) is 0. The molecule has 0 aromatic rings. The molecule has 3 aliphatic rings. The first kappa shape index (κ1) is 16.8. The van der Waals surface area contributed by atoms with Gasteiger partial charge in [0.05, 0.1) is 0 Å². The van der Waals surface area contributed by atoms with Crippen LogP contribution in [0.15, 0.2) is 0 Å². The number of carbonyl (C=O) groups is 2. The first-order valence-electron chi connectivity index (χ1n) is 9.40. The van der Waals surface area contributed by atoms with E-state index in [0.717, 1.165) is 38.5 Å². The lowest BCUT2D eigenvalue weighted by Crippen LogP contribution is -2.50. The van der Waals surface area contributed by atoms with Gasteiger partial charge in [-0.15, -0.1) is 0 Å². The molecular weight excluding hydrogens is 290 g/mol. The Kier molecular flexibility index (Phi) is 4.70. The molecule has 3 rings (SSSR count). The van der Waals surface area contributed by atoms with Crippen LogP contribution in [0.1, 0.15) is 78.6 Å². The maximum Gasteiger partial charge on any atom is 0.410 e. The highest BCUT2D eigenvalue weighted by atomic mass is 16.6. The number of ether oxygens (including phenoxy) is 1. The van der Waals surface area contributed by atoms with Crippen molar-refractivity contribution in [3.8, 4) is 0 Å². The third-order valence-electron chi connectivity index (χ3n) is 5.75. The minimum absolute atomic E-state index is 0.175. The molecule has 4 nitrogen and oxygen atoms in total. The van der Waals surface area contributed by atoms with Gasteiger partial charge in [-0.05, 0) is 59.3 Å². The molecule has 23 heavy (non-hydrogen) atoms. The zero-order valence-electron chi connectivity index (χ0n) is 14.8. The molecule has 0 N–H and O–H groups in total. The number of hydrogen-bond donors (Lipinski definition) is 0. The van der Waals surface area contributed by atoms with Gasteiger partial charge in [0, 0.05) is 23.9 Å². The number of rotatable bonds is 2. The summed E-state index contributed by atoms with van der Waals surface area (Å²) in [6.45, 7) is 5.73. The van der Waals surface area contributed by atoms with E-state index in [2.05, 4.69) is 0 Å². The van der Waals surface area contributed by atoms with Crippen molar-refractivity contribution in [3.63, 3.8) is 0 Å². The Morgan fingerprint density at radius 1 is 0.870 bits per heavy atom. The van der Waals surface area contributed by atoms with Crippen molar-refractivity contribution in [3.05, 3.63) is 0 Å². The van der Waals surface area contributed by atoms with Crippen LogP contribution in [0.4, 0.5) is 4.79 Å². The second-order valence-corrected chi connectivity index (χ2v) is 8.68. The summed E-state index contributed by atoms with van der Waals surface area (Å²) < 4.78 is 5.57. The Labute approximate surface area is 139 Å². The fourth-order valence-electron chi connectivity index (χ4n) is 4.74. The Morgan fingerprint density at radius 3 is 1.96 bits per heavy atom. The maximum atomic E-state index is 12.8. The van der Waals surface area contributed by atoms with Gasteiger partial charge in [-0.3, -0.25) is 4.79 Å². The highest BCUT2D eigenvalue weighted by molar-refractivity contribution is 5.84. The van der Waals surface area contributed by atoms with Crippen LogP contribution >= 0.6 is 0 Å². The maximum absolute atomic E-state index is 12.8. The highest BCUT2D eigenvalue weighted by Gasteiger charge is 2.47. The van der Waals surface area contributed by atoms with E-state index in [4.69, 9.17) is 4.74 Å². The normalized spacial score (nSPS) is 32.0. The quantitative estimate of drug-likeness (QED) is 0.761. The molecule has 130 valence electrons. The highest BCUT2D eigenvalue weighted by Crippen LogP contribution is 2.41. The summed E-state index contributed by atoms with van der Waals surface area (Å²) >= 11 is 0. The summed E-state index contributed by atoms with van der Waals surface area (Å²) in [5.41, 5.74) is -0.453. The first-order chi connectivity index (χ1) is 10.8. The molecule has 0 aromatic heterocycles. The largest absolute Gasteiger partial charge is 0.444 e. The lowest BCUT2D eigenvalue weighted by molar-refractivity contribution is -0.130. The van der Waals surface area contributed by atoms with Crippen LogP contribution in [0.2, 0.25) is 0 Å². The number of amides is 1. The zero-order valence-corrected chi connectivity index (χ0v) is 14.8. The Bertz CT molecular complexity index is 448.